The van der Waals surface area contributed by atoms with Gasteiger partial charge in [-0.1, -0.05) is 22.0 Å². The second kappa shape index (κ2) is 4.33. The maximum absolute atomic E-state index is 13.6. The standard InChI is InChI=1S/C11H9BrFNO2/c12-5-2-6-14-9-7(10(15)11(14)16)3-1-4-8(9)13/h1,3-4H,2,5-6H2. The van der Waals surface area contributed by atoms with E-state index in [0.29, 0.717) is 18.3 Å². The van der Waals surface area contributed by atoms with E-state index >= 15 is 0 Å². The topological polar surface area (TPSA) is 37.4 Å². The molecule has 5 heteroatoms. The molecular weight excluding hydrogens is 277 g/mol. The SMILES string of the molecule is O=C1C(=O)N(CCCBr)c2c(F)cccc21. The Bertz CT molecular complexity index is 461. The van der Waals surface area contributed by atoms with E-state index in [0.717, 1.165) is 0 Å². The summed E-state index contributed by atoms with van der Waals surface area (Å²) in [5.74, 6) is -1.78. The molecule has 0 aromatic heterocycles. The first-order valence-electron chi connectivity index (χ1n) is 4.87. The highest BCUT2D eigenvalue weighted by atomic mass is 79.9. The molecule has 1 aromatic carbocycles. The van der Waals surface area contributed by atoms with Crippen molar-refractivity contribution in [2.45, 2.75) is 6.42 Å². The third-order valence-electron chi connectivity index (χ3n) is 2.46. The molecule has 0 fully saturated rings. The van der Waals surface area contributed by atoms with Crippen LogP contribution in [-0.2, 0) is 4.79 Å². The fourth-order valence-corrected chi connectivity index (χ4v) is 1.99. The van der Waals surface area contributed by atoms with Gasteiger partial charge in [0.15, 0.2) is 0 Å². The van der Waals surface area contributed by atoms with Gasteiger partial charge in [-0.2, -0.15) is 0 Å². The lowest BCUT2D eigenvalue weighted by Crippen LogP contribution is -2.31. The molecule has 0 unspecified atom stereocenters. The Morgan fingerprint density at radius 3 is 2.75 bits per heavy atom. The molecule has 0 radical (unpaired) electrons. The van der Waals surface area contributed by atoms with E-state index < -0.39 is 17.5 Å². The molecule has 0 spiro atoms. The highest BCUT2D eigenvalue weighted by molar-refractivity contribution is 9.09. The average Bonchev–Trinajstić information content (AvgIpc) is 2.52. The van der Waals surface area contributed by atoms with E-state index in [1.165, 1.54) is 23.1 Å². The number of ketones is 1. The Balaban J connectivity index is 2.43. The van der Waals surface area contributed by atoms with Crippen LogP contribution in [0.2, 0.25) is 0 Å². The largest absolute Gasteiger partial charge is 0.302 e. The third-order valence-corrected chi connectivity index (χ3v) is 3.02. The van der Waals surface area contributed by atoms with Gasteiger partial charge < -0.3 is 4.90 Å². The molecule has 3 nitrogen and oxygen atoms in total. The van der Waals surface area contributed by atoms with Gasteiger partial charge in [-0.05, 0) is 18.6 Å². The minimum Gasteiger partial charge on any atom is -0.302 e. The Morgan fingerprint density at radius 1 is 1.31 bits per heavy atom. The van der Waals surface area contributed by atoms with Crippen molar-refractivity contribution < 1.29 is 14.0 Å². The fraction of sp³-hybridized carbons (Fsp3) is 0.273. The summed E-state index contributed by atoms with van der Waals surface area (Å²) >= 11 is 3.23. The summed E-state index contributed by atoms with van der Waals surface area (Å²) in [5, 5.41) is 0.703. The van der Waals surface area contributed by atoms with Gasteiger partial charge in [0.1, 0.15) is 5.82 Å². The van der Waals surface area contributed by atoms with E-state index in [-0.39, 0.29) is 11.3 Å². The van der Waals surface area contributed by atoms with Gasteiger partial charge in [0.2, 0.25) is 0 Å². The van der Waals surface area contributed by atoms with E-state index in [9.17, 15) is 14.0 Å². The van der Waals surface area contributed by atoms with E-state index in [4.69, 9.17) is 0 Å². The summed E-state index contributed by atoms with van der Waals surface area (Å²) in [4.78, 5) is 24.4. The molecule has 1 aromatic rings. The fourth-order valence-electron chi connectivity index (χ4n) is 1.74. The monoisotopic (exact) mass is 285 g/mol. The van der Waals surface area contributed by atoms with Crippen LogP contribution in [0.25, 0.3) is 0 Å². The van der Waals surface area contributed by atoms with Gasteiger partial charge in [-0.15, -0.1) is 0 Å². The summed E-state index contributed by atoms with van der Waals surface area (Å²) < 4.78 is 13.6. The first kappa shape index (κ1) is 11.3. The molecule has 1 aliphatic rings. The maximum atomic E-state index is 13.6. The van der Waals surface area contributed by atoms with Crippen LogP contribution < -0.4 is 4.90 Å². The van der Waals surface area contributed by atoms with Crippen molar-refractivity contribution in [1.82, 2.24) is 0 Å². The molecule has 0 bridgehead atoms. The molecule has 0 saturated heterocycles. The number of anilines is 1. The first-order chi connectivity index (χ1) is 7.66. The molecule has 0 atom stereocenters. The zero-order valence-electron chi connectivity index (χ0n) is 8.37. The highest BCUT2D eigenvalue weighted by Crippen LogP contribution is 2.31. The minimum atomic E-state index is -0.638. The van der Waals surface area contributed by atoms with Crippen LogP contribution >= 0.6 is 15.9 Å². The predicted octanol–water partition coefficient (Wildman–Crippen LogP) is 2.14. The maximum Gasteiger partial charge on any atom is 0.299 e. The van der Waals surface area contributed by atoms with E-state index in [2.05, 4.69) is 15.9 Å². The number of carbonyl (C=O) groups is 2. The normalized spacial score (nSPS) is 14.5. The van der Waals surface area contributed by atoms with Crippen molar-refractivity contribution in [3.63, 3.8) is 0 Å². The third kappa shape index (κ3) is 1.65. The number of rotatable bonds is 3. The van der Waals surface area contributed by atoms with Gasteiger partial charge in [0, 0.05) is 11.9 Å². The number of hydrogen-bond donors (Lipinski definition) is 0. The number of fused-ring (bicyclic) bond motifs is 1. The molecule has 1 heterocycles. The Hall–Kier alpha value is -1.23. The second-order valence-electron chi connectivity index (χ2n) is 3.46. The molecule has 16 heavy (non-hydrogen) atoms. The number of Topliss-reactive ketones (excluding diaryl/α,β-unsaturated/α-hetero) is 1. The number of benzene rings is 1. The minimum absolute atomic E-state index is 0.124. The lowest BCUT2D eigenvalue weighted by molar-refractivity contribution is -0.114. The molecular formula is C11H9BrFNO2. The van der Waals surface area contributed by atoms with Crippen molar-refractivity contribution in [3.8, 4) is 0 Å². The summed E-state index contributed by atoms with van der Waals surface area (Å²) in [5.41, 5.74) is 0.290. The van der Waals surface area contributed by atoms with Crippen LogP contribution in [0.15, 0.2) is 18.2 Å². The van der Waals surface area contributed by atoms with Crippen LogP contribution in [0.5, 0.6) is 0 Å². The van der Waals surface area contributed by atoms with E-state index in [1.54, 1.807) is 0 Å². The van der Waals surface area contributed by atoms with Crippen molar-refractivity contribution in [3.05, 3.63) is 29.6 Å². The number of amides is 1. The lowest BCUT2D eigenvalue weighted by Gasteiger charge is -2.15. The van der Waals surface area contributed by atoms with Gasteiger partial charge in [0.05, 0.1) is 11.3 Å². The van der Waals surface area contributed by atoms with Crippen molar-refractivity contribution in [2.75, 3.05) is 16.8 Å². The van der Waals surface area contributed by atoms with Crippen LogP contribution in [0.3, 0.4) is 0 Å². The summed E-state index contributed by atoms with van der Waals surface area (Å²) in [6, 6.07) is 4.17. The Morgan fingerprint density at radius 2 is 2.06 bits per heavy atom. The zero-order valence-corrected chi connectivity index (χ0v) is 9.96. The Labute approximate surface area is 100 Å². The first-order valence-corrected chi connectivity index (χ1v) is 5.99. The molecule has 0 saturated carbocycles. The van der Waals surface area contributed by atoms with Crippen molar-refractivity contribution in [2.24, 2.45) is 0 Å². The number of halogens is 2. The second-order valence-corrected chi connectivity index (χ2v) is 4.26. The number of hydrogen-bond acceptors (Lipinski definition) is 2. The number of alkyl halides is 1. The van der Waals surface area contributed by atoms with Gasteiger partial charge >= 0.3 is 0 Å². The van der Waals surface area contributed by atoms with Crippen LogP contribution in [0.1, 0.15) is 16.8 Å². The summed E-state index contributed by atoms with van der Waals surface area (Å²) in [6.07, 6.45) is 0.673. The predicted molar refractivity (Wildman–Crippen MR) is 61.5 cm³/mol. The van der Waals surface area contributed by atoms with Gasteiger partial charge in [-0.25, -0.2) is 4.39 Å². The number of para-hydroxylation sites is 1. The van der Waals surface area contributed by atoms with Crippen LogP contribution in [0, 0.1) is 5.82 Å². The van der Waals surface area contributed by atoms with Crippen molar-refractivity contribution >= 4 is 33.3 Å². The number of carbonyl (C=O) groups excluding carboxylic acids is 2. The van der Waals surface area contributed by atoms with E-state index in [1.807, 2.05) is 0 Å². The molecule has 1 amide bonds. The quantitative estimate of drug-likeness (QED) is 0.630. The highest BCUT2D eigenvalue weighted by Gasteiger charge is 2.37. The summed E-state index contributed by atoms with van der Waals surface area (Å²) in [7, 11) is 0. The molecule has 0 N–H and O–H groups in total. The molecule has 84 valence electrons. The zero-order chi connectivity index (χ0) is 11.7. The molecule has 1 aliphatic heterocycles. The van der Waals surface area contributed by atoms with Crippen molar-refractivity contribution in [1.29, 1.82) is 0 Å². The molecule has 0 aliphatic carbocycles. The summed E-state index contributed by atoms with van der Waals surface area (Å²) in [6.45, 7) is 0.351. The van der Waals surface area contributed by atoms with Crippen LogP contribution in [0.4, 0.5) is 10.1 Å². The average molecular weight is 286 g/mol. The van der Waals surface area contributed by atoms with Gasteiger partial charge in [-0.3, -0.25) is 9.59 Å². The lowest BCUT2D eigenvalue weighted by atomic mass is 10.1. The smallest absolute Gasteiger partial charge is 0.299 e. The van der Waals surface area contributed by atoms with Crippen LogP contribution in [-0.4, -0.2) is 23.6 Å². The van der Waals surface area contributed by atoms with Gasteiger partial charge in [0.25, 0.3) is 11.7 Å². The Kier molecular flexibility index (Phi) is 3.05. The number of nitrogens with zero attached hydrogens (tertiary/aromatic N) is 1. The molecule has 2 rings (SSSR count).